The van der Waals surface area contributed by atoms with Crippen LogP contribution < -0.4 is 0 Å². The Bertz CT molecular complexity index is 267. The molecule has 0 unspecified atom stereocenters. The van der Waals surface area contributed by atoms with Gasteiger partial charge in [0.2, 0.25) is 0 Å². The van der Waals surface area contributed by atoms with Crippen LogP contribution >= 0.6 is 0 Å². The fraction of sp³-hybridized carbons (Fsp3) is 0.500. The molecule has 1 heterocycles. The summed E-state index contributed by atoms with van der Waals surface area (Å²) < 4.78 is 0. The van der Waals surface area contributed by atoms with Crippen molar-refractivity contribution in [1.82, 2.24) is 4.98 Å². The topological polar surface area (TPSA) is 12.9 Å². The lowest BCUT2D eigenvalue weighted by molar-refractivity contribution is 0.530. The molecule has 0 amide bonds. The van der Waals surface area contributed by atoms with Crippen LogP contribution in [-0.4, -0.2) is 4.98 Å². The Balaban J connectivity index is 2.47. The van der Waals surface area contributed by atoms with Crippen LogP contribution in [-0.2, 0) is 6.42 Å². The molecular formula is C10H13N. The molecule has 1 heteroatoms. The maximum Gasteiger partial charge on any atom is 0.0441 e. The molecule has 0 saturated heterocycles. The standard InChI is InChI=1S/C10H13N/c1-7-6-10-9(8(7)2)4-3-5-11-10/h3-5,7-8H,6H2,1-2H3/t7-,8+/m0/s1. The van der Waals surface area contributed by atoms with E-state index in [2.05, 4.69) is 24.9 Å². The van der Waals surface area contributed by atoms with Gasteiger partial charge in [0.05, 0.1) is 0 Å². The Labute approximate surface area is 67.5 Å². The van der Waals surface area contributed by atoms with Gasteiger partial charge in [-0.15, -0.1) is 0 Å². The van der Waals surface area contributed by atoms with Crippen molar-refractivity contribution in [2.45, 2.75) is 26.2 Å². The van der Waals surface area contributed by atoms with Crippen LogP contribution in [0.4, 0.5) is 0 Å². The molecule has 2 rings (SSSR count). The molecule has 1 aromatic rings. The molecule has 0 N–H and O–H groups in total. The second kappa shape index (κ2) is 2.33. The first kappa shape index (κ1) is 6.84. The van der Waals surface area contributed by atoms with E-state index in [1.807, 2.05) is 12.3 Å². The first-order valence-electron chi connectivity index (χ1n) is 4.23. The average molecular weight is 147 g/mol. The van der Waals surface area contributed by atoms with E-state index >= 15 is 0 Å². The summed E-state index contributed by atoms with van der Waals surface area (Å²) in [5, 5.41) is 0. The summed E-state index contributed by atoms with van der Waals surface area (Å²) in [4.78, 5) is 4.36. The number of nitrogens with zero attached hydrogens (tertiary/aromatic N) is 1. The predicted molar refractivity (Wildman–Crippen MR) is 45.5 cm³/mol. The molecule has 0 fully saturated rings. The molecule has 0 bridgehead atoms. The smallest absolute Gasteiger partial charge is 0.0441 e. The first-order valence-corrected chi connectivity index (χ1v) is 4.23. The van der Waals surface area contributed by atoms with Crippen LogP contribution in [0.1, 0.15) is 31.0 Å². The third-order valence-electron chi connectivity index (χ3n) is 2.78. The SMILES string of the molecule is C[C@H]1Cc2ncccc2[C@@H]1C. The number of rotatable bonds is 0. The molecule has 0 spiro atoms. The predicted octanol–water partition coefficient (Wildman–Crippen LogP) is 2.38. The van der Waals surface area contributed by atoms with E-state index in [-0.39, 0.29) is 0 Å². The molecular weight excluding hydrogens is 134 g/mol. The Kier molecular flexibility index (Phi) is 1.45. The minimum absolute atomic E-state index is 0.707. The van der Waals surface area contributed by atoms with Crippen molar-refractivity contribution in [3.05, 3.63) is 29.6 Å². The molecule has 0 radical (unpaired) electrons. The Hall–Kier alpha value is -0.850. The zero-order valence-electron chi connectivity index (χ0n) is 7.04. The van der Waals surface area contributed by atoms with Crippen molar-refractivity contribution in [2.24, 2.45) is 5.92 Å². The number of fused-ring (bicyclic) bond motifs is 1. The van der Waals surface area contributed by atoms with Gasteiger partial charge in [-0.25, -0.2) is 0 Å². The van der Waals surface area contributed by atoms with Gasteiger partial charge in [0, 0.05) is 11.9 Å². The molecule has 1 aliphatic carbocycles. The summed E-state index contributed by atoms with van der Waals surface area (Å²) in [5.74, 6) is 1.48. The van der Waals surface area contributed by atoms with Gasteiger partial charge in [0.25, 0.3) is 0 Å². The zero-order chi connectivity index (χ0) is 7.84. The lowest BCUT2D eigenvalue weighted by Gasteiger charge is -2.07. The first-order chi connectivity index (χ1) is 5.29. The summed E-state index contributed by atoms with van der Waals surface area (Å²) in [6.45, 7) is 4.59. The van der Waals surface area contributed by atoms with E-state index in [1.54, 1.807) is 0 Å². The maximum atomic E-state index is 4.36. The van der Waals surface area contributed by atoms with Crippen molar-refractivity contribution in [3.8, 4) is 0 Å². The highest BCUT2D eigenvalue weighted by Crippen LogP contribution is 2.35. The summed E-state index contributed by atoms with van der Waals surface area (Å²) in [5.41, 5.74) is 2.77. The van der Waals surface area contributed by atoms with Crippen molar-refractivity contribution in [3.63, 3.8) is 0 Å². The summed E-state index contributed by atoms with van der Waals surface area (Å²) >= 11 is 0. The second-order valence-electron chi connectivity index (χ2n) is 3.51. The van der Waals surface area contributed by atoms with Crippen LogP contribution in [0.2, 0.25) is 0 Å². The van der Waals surface area contributed by atoms with E-state index in [0.29, 0.717) is 5.92 Å². The van der Waals surface area contributed by atoms with Crippen molar-refractivity contribution in [1.29, 1.82) is 0 Å². The summed E-state index contributed by atoms with van der Waals surface area (Å²) in [6, 6.07) is 4.24. The van der Waals surface area contributed by atoms with Gasteiger partial charge in [0.15, 0.2) is 0 Å². The third kappa shape index (κ3) is 0.953. The van der Waals surface area contributed by atoms with Crippen LogP contribution in [0, 0.1) is 5.92 Å². The van der Waals surface area contributed by atoms with E-state index in [4.69, 9.17) is 0 Å². The Morgan fingerprint density at radius 3 is 3.00 bits per heavy atom. The van der Waals surface area contributed by atoms with Gasteiger partial charge in [0.1, 0.15) is 0 Å². The van der Waals surface area contributed by atoms with E-state index in [1.165, 1.54) is 11.3 Å². The molecule has 1 aliphatic rings. The molecule has 0 saturated carbocycles. The fourth-order valence-corrected chi connectivity index (χ4v) is 1.82. The largest absolute Gasteiger partial charge is 0.261 e. The minimum atomic E-state index is 0.707. The highest BCUT2D eigenvalue weighted by molar-refractivity contribution is 5.29. The van der Waals surface area contributed by atoms with E-state index in [9.17, 15) is 0 Å². The summed E-state index contributed by atoms with van der Waals surface area (Å²) in [7, 11) is 0. The molecule has 0 aliphatic heterocycles. The Morgan fingerprint density at radius 1 is 1.45 bits per heavy atom. The summed E-state index contributed by atoms with van der Waals surface area (Å²) in [6.07, 6.45) is 3.06. The Morgan fingerprint density at radius 2 is 2.27 bits per heavy atom. The van der Waals surface area contributed by atoms with Crippen LogP contribution in [0.25, 0.3) is 0 Å². The number of hydrogen-bond donors (Lipinski definition) is 0. The number of pyridine rings is 1. The van der Waals surface area contributed by atoms with Gasteiger partial charge in [-0.05, 0) is 29.9 Å². The van der Waals surface area contributed by atoms with Gasteiger partial charge in [-0.3, -0.25) is 4.98 Å². The molecule has 11 heavy (non-hydrogen) atoms. The molecule has 0 aromatic carbocycles. The van der Waals surface area contributed by atoms with Gasteiger partial charge in [-0.2, -0.15) is 0 Å². The van der Waals surface area contributed by atoms with Crippen LogP contribution in [0.15, 0.2) is 18.3 Å². The van der Waals surface area contributed by atoms with E-state index < -0.39 is 0 Å². The highest BCUT2D eigenvalue weighted by Gasteiger charge is 2.25. The fourth-order valence-electron chi connectivity index (χ4n) is 1.82. The maximum absolute atomic E-state index is 4.36. The normalized spacial score (nSPS) is 28.5. The molecule has 1 nitrogen and oxygen atoms in total. The third-order valence-corrected chi connectivity index (χ3v) is 2.78. The van der Waals surface area contributed by atoms with Gasteiger partial charge >= 0.3 is 0 Å². The van der Waals surface area contributed by atoms with E-state index in [0.717, 1.165) is 12.3 Å². The van der Waals surface area contributed by atoms with Gasteiger partial charge < -0.3 is 0 Å². The van der Waals surface area contributed by atoms with Crippen LogP contribution in [0.3, 0.4) is 0 Å². The quantitative estimate of drug-likeness (QED) is 0.549. The average Bonchev–Trinajstić information content (AvgIpc) is 2.30. The monoisotopic (exact) mass is 147 g/mol. The molecule has 1 aromatic heterocycles. The van der Waals surface area contributed by atoms with Crippen molar-refractivity contribution in [2.75, 3.05) is 0 Å². The minimum Gasteiger partial charge on any atom is -0.261 e. The number of hydrogen-bond acceptors (Lipinski definition) is 1. The molecule has 2 atom stereocenters. The van der Waals surface area contributed by atoms with Gasteiger partial charge in [-0.1, -0.05) is 19.9 Å². The molecule has 58 valence electrons. The highest BCUT2D eigenvalue weighted by atomic mass is 14.7. The van der Waals surface area contributed by atoms with Crippen molar-refractivity contribution < 1.29 is 0 Å². The lowest BCUT2D eigenvalue weighted by atomic mass is 9.97. The zero-order valence-corrected chi connectivity index (χ0v) is 7.04. The second-order valence-corrected chi connectivity index (χ2v) is 3.51. The van der Waals surface area contributed by atoms with Crippen molar-refractivity contribution >= 4 is 0 Å². The van der Waals surface area contributed by atoms with Crippen LogP contribution in [0.5, 0.6) is 0 Å². The number of aromatic nitrogens is 1. The lowest BCUT2D eigenvalue weighted by Crippen LogP contribution is -1.97.